The highest BCUT2D eigenvalue weighted by Gasteiger charge is 2.55. The fraction of sp³-hybridized carbons (Fsp3) is 0.889. The summed E-state index contributed by atoms with van der Waals surface area (Å²) < 4.78 is 0. The Morgan fingerprint density at radius 1 is 1.58 bits per heavy atom. The van der Waals surface area contributed by atoms with Crippen molar-refractivity contribution in [2.45, 2.75) is 24.8 Å². The Balaban J connectivity index is 1.96. The number of piperidine rings is 1. The highest BCUT2D eigenvalue weighted by atomic mass is 16.2. The van der Waals surface area contributed by atoms with E-state index in [1.54, 1.807) is 0 Å². The van der Waals surface area contributed by atoms with Gasteiger partial charge in [0, 0.05) is 13.1 Å². The van der Waals surface area contributed by atoms with Crippen LogP contribution in [-0.4, -0.2) is 36.0 Å². The number of hydrogen-bond donors (Lipinski definition) is 1. The van der Waals surface area contributed by atoms with Crippen molar-refractivity contribution < 1.29 is 4.79 Å². The predicted molar refractivity (Wildman–Crippen MR) is 44.7 cm³/mol. The molecule has 3 atom stereocenters. The van der Waals surface area contributed by atoms with E-state index in [-0.39, 0.29) is 5.54 Å². The lowest BCUT2D eigenvalue weighted by Gasteiger charge is -2.33. The van der Waals surface area contributed by atoms with E-state index in [0.717, 1.165) is 31.8 Å². The van der Waals surface area contributed by atoms with E-state index in [1.165, 1.54) is 13.0 Å². The smallest absolute Gasteiger partial charge is 0.240 e. The molecule has 0 aliphatic carbocycles. The van der Waals surface area contributed by atoms with Crippen LogP contribution in [0.4, 0.5) is 0 Å². The lowest BCUT2D eigenvalue weighted by Crippen LogP contribution is -2.50. The first-order chi connectivity index (χ1) is 5.81. The summed E-state index contributed by atoms with van der Waals surface area (Å²) in [7, 11) is 0. The molecule has 3 heteroatoms. The molecule has 0 aromatic heterocycles. The highest BCUT2D eigenvalue weighted by Crippen LogP contribution is 2.44. The molecule has 12 heavy (non-hydrogen) atoms. The highest BCUT2D eigenvalue weighted by molar-refractivity contribution is 5.89. The van der Waals surface area contributed by atoms with Crippen molar-refractivity contribution in [3.8, 4) is 0 Å². The monoisotopic (exact) mass is 166 g/mol. The van der Waals surface area contributed by atoms with Crippen molar-refractivity contribution >= 4 is 5.91 Å². The molecule has 1 amide bonds. The van der Waals surface area contributed by atoms with Gasteiger partial charge in [-0.05, 0) is 31.7 Å². The van der Waals surface area contributed by atoms with Gasteiger partial charge in [-0.3, -0.25) is 9.69 Å². The normalized spacial score (nSPS) is 50.5. The zero-order valence-electron chi connectivity index (χ0n) is 7.18. The first-order valence-electron chi connectivity index (χ1n) is 4.85. The minimum atomic E-state index is -0.0527. The molecule has 3 aliphatic heterocycles. The molecule has 0 radical (unpaired) electrons. The van der Waals surface area contributed by atoms with E-state index < -0.39 is 0 Å². The van der Waals surface area contributed by atoms with Gasteiger partial charge in [0.15, 0.2) is 0 Å². The van der Waals surface area contributed by atoms with Gasteiger partial charge in [0.25, 0.3) is 0 Å². The number of rotatable bonds is 0. The van der Waals surface area contributed by atoms with Crippen LogP contribution in [-0.2, 0) is 4.79 Å². The summed E-state index contributed by atoms with van der Waals surface area (Å²) >= 11 is 0. The van der Waals surface area contributed by atoms with Gasteiger partial charge in [0.2, 0.25) is 5.91 Å². The third-order valence-electron chi connectivity index (χ3n) is 3.76. The molecular weight excluding hydrogens is 152 g/mol. The summed E-state index contributed by atoms with van der Waals surface area (Å²) in [5.41, 5.74) is -0.0527. The van der Waals surface area contributed by atoms with Gasteiger partial charge >= 0.3 is 0 Å². The van der Waals surface area contributed by atoms with Crippen molar-refractivity contribution in [1.29, 1.82) is 0 Å². The van der Waals surface area contributed by atoms with Crippen molar-refractivity contribution in [3.63, 3.8) is 0 Å². The number of fused-ring (bicyclic) bond motifs is 3. The molecule has 3 saturated heterocycles. The maximum Gasteiger partial charge on any atom is 0.240 e. The molecule has 0 saturated carbocycles. The predicted octanol–water partition coefficient (Wildman–Crippen LogP) is -0.0293. The molecule has 66 valence electrons. The van der Waals surface area contributed by atoms with Gasteiger partial charge in [0.1, 0.15) is 5.54 Å². The fourth-order valence-electron chi connectivity index (χ4n) is 3.15. The van der Waals surface area contributed by atoms with Crippen LogP contribution < -0.4 is 5.32 Å². The Bertz CT molecular complexity index is 241. The van der Waals surface area contributed by atoms with Crippen LogP contribution in [0.1, 0.15) is 19.3 Å². The molecule has 1 N–H and O–H groups in total. The van der Waals surface area contributed by atoms with Gasteiger partial charge in [0.05, 0.1) is 0 Å². The molecule has 0 aromatic rings. The number of amides is 1. The Morgan fingerprint density at radius 3 is 3.00 bits per heavy atom. The van der Waals surface area contributed by atoms with Crippen LogP contribution in [0.25, 0.3) is 0 Å². The number of carbonyl (C=O) groups excluding carboxylic acids is 1. The molecular formula is C9H14N2O. The lowest BCUT2D eigenvalue weighted by molar-refractivity contribution is -0.128. The maximum atomic E-state index is 11.6. The molecule has 3 rings (SSSR count). The number of nitrogens with zero attached hydrogens (tertiary/aromatic N) is 1. The molecule has 3 aliphatic rings. The molecule has 2 bridgehead atoms. The Kier molecular flexibility index (Phi) is 1.16. The minimum Gasteiger partial charge on any atom is -0.354 e. The maximum absolute atomic E-state index is 11.6. The van der Waals surface area contributed by atoms with E-state index >= 15 is 0 Å². The molecule has 3 fully saturated rings. The van der Waals surface area contributed by atoms with Gasteiger partial charge < -0.3 is 5.32 Å². The lowest BCUT2D eigenvalue weighted by atomic mass is 9.86. The van der Waals surface area contributed by atoms with Crippen molar-refractivity contribution in [1.82, 2.24) is 10.2 Å². The van der Waals surface area contributed by atoms with Crippen LogP contribution >= 0.6 is 0 Å². The summed E-state index contributed by atoms with van der Waals surface area (Å²) in [5.74, 6) is 1.11. The SMILES string of the molecule is O=C1NCC[C@@]12C[C@H]1CCN2C1. The van der Waals surface area contributed by atoms with Gasteiger partial charge in [-0.2, -0.15) is 0 Å². The topological polar surface area (TPSA) is 32.3 Å². The van der Waals surface area contributed by atoms with Crippen LogP contribution in [0.2, 0.25) is 0 Å². The minimum absolute atomic E-state index is 0.0527. The van der Waals surface area contributed by atoms with E-state index in [0.29, 0.717) is 5.91 Å². The van der Waals surface area contributed by atoms with E-state index in [9.17, 15) is 4.79 Å². The average molecular weight is 166 g/mol. The third kappa shape index (κ3) is 0.637. The quantitative estimate of drug-likeness (QED) is 0.548. The summed E-state index contributed by atoms with van der Waals surface area (Å²) in [4.78, 5) is 14.0. The molecule has 1 spiro atoms. The zero-order chi connectivity index (χ0) is 8.18. The molecule has 0 aromatic carbocycles. The van der Waals surface area contributed by atoms with Crippen LogP contribution in [0.15, 0.2) is 0 Å². The second kappa shape index (κ2) is 2.02. The van der Waals surface area contributed by atoms with Crippen LogP contribution in [0.3, 0.4) is 0 Å². The molecule has 3 nitrogen and oxygen atoms in total. The largest absolute Gasteiger partial charge is 0.354 e. The Labute approximate surface area is 72.1 Å². The first-order valence-corrected chi connectivity index (χ1v) is 4.85. The van der Waals surface area contributed by atoms with E-state index in [4.69, 9.17) is 0 Å². The standard InChI is InChI=1S/C9H14N2O/c12-8-9(2-3-10-8)5-7-1-4-11(9)6-7/h7H,1-6H2,(H,10,12)/t7-,9-/m1/s1. The number of hydrogen-bond acceptors (Lipinski definition) is 2. The zero-order valence-corrected chi connectivity index (χ0v) is 7.18. The van der Waals surface area contributed by atoms with Crippen LogP contribution in [0.5, 0.6) is 0 Å². The van der Waals surface area contributed by atoms with Gasteiger partial charge in [-0.25, -0.2) is 0 Å². The third-order valence-corrected chi connectivity index (χ3v) is 3.76. The summed E-state index contributed by atoms with van der Waals surface area (Å²) in [6, 6.07) is 0. The summed E-state index contributed by atoms with van der Waals surface area (Å²) in [5, 5.41) is 2.96. The second-order valence-electron chi connectivity index (χ2n) is 4.34. The van der Waals surface area contributed by atoms with Crippen molar-refractivity contribution in [3.05, 3.63) is 0 Å². The van der Waals surface area contributed by atoms with E-state index in [2.05, 4.69) is 10.2 Å². The van der Waals surface area contributed by atoms with Crippen LogP contribution in [0, 0.1) is 5.92 Å². The van der Waals surface area contributed by atoms with Crippen molar-refractivity contribution in [2.75, 3.05) is 19.6 Å². The van der Waals surface area contributed by atoms with Gasteiger partial charge in [-0.1, -0.05) is 0 Å². The summed E-state index contributed by atoms with van der Waals surface area (Å²) in [6.45, 7) is 3.22. The summed E-state index contributed by atoms with van der Waals surface area (Å²) in [6.07, 6.45) is 3.48. The average Bonchev–Trinajstić information content (AvgIpc) is 2.69. The molecule has 3 heterocycles. The number of carbonyl (C=O) groups is 1. The van der Waals surface area contributed by atoms with Gasteiger partial charge in [-0.15, -0.1) is 0 Å². The number of nitrogens with one attached hydrogen (secondary N) is 1. The first kappa shape index (κ1) is 6.89. The Hall–Kier alpha value is -0.570. The molecule has 1 unspecified atom stereocenters. The van der Waals surface area contributed by atoms with E-state index in [1.807, 2.05) is 0 Å². The van der Waals surface area contributed by atoms with Crippen molar-refractivity contribution in [2.24, 2.45) is 5.92 Å². The Morgan fingerprint density at radius 2 is 2.50 bits per heavy atom. The second-order valence-corrected chi connectivity index (χ2v) is 4.34. The fourth-order valence-corrected chi connectivity index (χ4v) is 3.15.